The van der Waals surface area contributed by atoms with E-state index in [9.17, 15) is 17.6 Å². The van der Waals surface area contributed by atoms with E-state index in [-0.39, 0.29) is 18.4 Å². The number of sulfonamides is 1. The molecule has 0 aliphatic carbocycles. The molecule has 0 aliphatic rings. The van der Waals surface area contributed by atoms with Crippen molar-refractivity contribution in [2.45, 2.75) is 38.8 Å². The maximum absolute atomic E-state index is 13.0. The molecule has 2 N–H and O–H groups in total. The molecular weight excluding hydrogens is 335 g/mol. The summed E-state index contributed by atoms with van der Waals surface area (Å²) in [5.74, 6) is -0.712. The number of rotatable bonds is 10. The largest absolute Gasteiger partial charge is 0.379 e. The van der Waals surface area contributed by atoms with E-state index in [0.29, 0.717) is 25.1 Å². The van der Waals surface area contributed by atoms with Gasteiger partial charge in [-0.3, -0.25) is 4.79 Å². The first-order chi connectivity index (χ1) is 11.2. The first kappa shape index (κ1) is 20.5. The normalized spacial score (nSPS) is 13.0. The molecule has 0 heterocycles. The van der Waals surface area contributed by atoms with Gasteiger partial charge in [-0.1, -0.05) is 12.1 Å². The molecule has 0 radical (unpaired) electrons. The van der Waals surface area contributed by atoms with E-state index < -0.39 is 21.9 Å². The summed E-state index contributed by atoms with van der Waals surface area (Å²) in [6.07, 6.45) is 1.77. The van der Waals surface area contributed by atoms with Crippen LogP contribution in [0, 0.1) is 5.82 Å². The summed E-state index contributed by atoms with van der Waals surface area (Å²) < 4.78 is 43.8. The van der Waals surface area contributed by atoms with Crippen LogP contribution >= 0.6 is 0 Å². The third-order valence-corrected chi connectivity index (χ3v) is 3.83. The Bertz CT molecular complexity index is 617. The molecule has 1 amide bonds. The minimum atomic E-state index is -3.51. The van der Waals surface area contributed by atoms with Crippen LogP contribution in [0.15, 0.2) is 24.3 Å². The van der Waals surface area contributed by atoms with E-state index in [4.69, 9.17) is 4.74 Å². The van der Waals surface area contributed by atoms with Gasteiger partial charge in [-0.2, -0.15) is 0 Å². The van der Waals surface area contributed by atoms with E-state index in [1.165, 1.54) is 24.3 Å². The molecule has 24 heavy (non-hydrogen) atoms. The molecule has 1 atom stereocenters. The van der Waals surface area contributed by atoms with Crippen LogP contribution in [0.2, 0.25) is 0 Å². The second-order valence-electron chi connectivity index (χ2n) is 5.82. The standard InChI is InChI=1S/C16H25FN2O4S/c1-12(2)23-10-4-9-18-16(20)11-15(19-24(3,21)22)13-5-7-14(17)8-6-13/h5-8,12,15,19H,4,9-11H2,1-3H3,(H,18,20). The van der Waals surface area contributed by atoms with Crippen molar-refractivity contribution in [3.63, 3.8) is 0 Å². The van der Waals surface area contributed by atoms with Gasteiger partial charge in [-0.05, 0) is 38.0 Å². The number of halogens is 1. The fraction of sp³-hybridized carbons (Fsp3) is 0.562. The Morgan fingerprint density at radius 2 is 1.88 bits per heavy atom. The summed E-state index contributed by atoms with van der Waals surface area (Å²) in [5.41, 5.74) is 0.528. The topological polar surface area (TPSA) is 84.5 Å². The van der Waals surface area contributed by atoms with Gasteiger partial charge in [0.05, 0.1) is 18.4 Å². The van der Waals surface area contributed by atoms with Crippen LogP contribution in [0.4, 0.5) is 4.39 Å². The van der Waals surface area contributed by atoms with E-state index >= 15 is 0 Å². The molecule has 0 bridgehead atoms. The van der Waals surface area contributed by atoms with Gasteiger partial charge in [0.15, 0.2) is 0 Å². The van der Waals surface area contributed by atoms with Crippen LogP contribution in [-0.2, 0) is 19.6 Å². The molecule has 0 aliphatic heterocycles. The predicted octanol–water partition coefficient (Wildman–Crippen LogP) is 1.74. The van der Waals surface area contributed by atoms with Crippen LogP contribution in [0.1, 0.15) is 38.3 Å². The SMILES string of the molecule is CC(C)OCCCNC(=O)CC(NS(C)(=O)=O)c1ccc(F)cc1. The van der Waals surface area contributed by atoms with Gasteiger partial charge in [-0.25, -0.2) is 17.5 Å². The average molecular weight is 360 g/mol. The van der Waals surface area contributed by atoms with Crippen LogP contribution in [0.3, 0.4) is 0 Å². The molecule has 0 saturated heterocycles. The number of carbonyl (C=O) groups excluding carboxylic acids is 1. The van der Waals surface area contributed by atoms with Crippen molar-refractivity contribution in [3.05, 3.63) is 35.6 Å². The summed E-state index contributed by atoms with van der Waals surface area (Å²) in [6, 6.07) is 4.64. The second kappa shape index (κ2) is 9.71. The molecule has 8 heteroatoms. The highest BCUT2D eigenvalue weighted by molar-refractivity contribution is 7.88. The van der Waals surface area contributed by atoms with Crippen molar-refractivity contribution in [2.24, 2.45) is 0 Å². The summed E-state index contributed by atoms with van der Waals surface area (Å²) >= 11 is 0. The number of nitrogens with one attached hydrogen (secondary N) is 2. The number of hydrogen-bond acceptors (Lipinski definition) is 4. The fourth-order valence-corrected chi connectivity index (χ4v) is 2.79. The highest BCUT2D eigenvalue weighted by Crippen LogP contribution is 2.18. The van der Waals surface area contributed by atoms with Crippen molar-refractivity contribution in [1.82, 2.24) is 10.0 Å². The van der Waals surface area contributed by atoms with Crippen LogP contribution < -0.4 is 10.0 Å². The van der Waals surface area contributed by atoms with Gasteiger partial charge in [0.25, 0.3) is 0 Å². The van der Waals surface area contributed by atoms with Crippen molar-refractivity contribution in [3.8, 4) is 0 Å². The maximum atomic E-state index is 13.0. The highest BCUT2D eigenvalue weighted by atomic mass is 32.2. The molecule has 1 rings (SSSR count). The third kappa shape index (κ3) is 8.95. The summed E-state index contributed by atoms with van der Waals surface area (Å²) in [7, 11) is -3.51. The Morgan fingerprint density at radius 3 is 2.42 bits per heavy atom. The first-order valence-electron chi connectivity index (χ1n) is 7.78. The molecule has 1 aromatic carbocycles. The van der Waals surface area contributed by atoms with E-state index in [2.05, 4.69) is 10.0 Å². The highest BCUT2D eigenvalue weighted by Gasteiger charge is 2.19. The smallest absolute Gasteiger partial charge is 0.221 e. The number of amides is 1. The van der Waals surface area contributed by atoms with Gasteiger partial charge in [0.1, 0.15) is 5.82 Å². The Kier molecular flexibility index (Phi) is 8.30. The Morgan fingerprint density at radius 1 is 1.25 bits per heavy atom. The van der Waals surface area contributed by atoms with E-state index in [0.717, 1.165) is 6.26 Å². The van der Waals surface area contributed by atoms with Gasteiger partial charge in [0.2, 0.25) is 15.9 Å². The van der Waals surface area contributed by atoms with Crippen LogP contribution in [0.5, 0.6) is 0 Å². The monoisotopic (exact) mass is 360 g/mol. The van der Waals surface area contributed by atoms with Gasteiger partial charge in [-0.15, -0.1) is 0 Å². The molecule has 0 fully saturated rings. The number of carbonyl (C=O) groups is 1. The molecule has 1 unspecified atom stereocenters. The Hall–Kier alpha value is -1.51. The maximum Gasteiger partial charge on any atom is 0.221 e. The lowest BCUT2D eigenvalue weighted by Gasteiger charge is -2.18. The minimum Gasteiger partial charge on any atom is -0.379 e. The molecule has 1 aromatic rings. The zero-order chi connectivity index (χ0) is 18.2. The molecule has 136 valence electrons. The zero-order valence-electron chi connectivity index (χ0n) is 14.2. The summed E-state index contributed by atoms with van der Waals surface area (Å²) in [4.78, 5) is 12.0. The number of ether oxygens (including phenoxy) is 1. The molecule has 0 spiro atoms. The molecule has 6 nitrogen and oxygen atoms in total. The molecular formula is C16H25FN2O4S. The summed E-state index contributed by atoms with van der Waals surface area (Å²) in [5, 5.41) is 2.73. The quantitative estimate of drug-likeness (QED) is 0.623. The van der Waals surface area contributed by atoms with Crippen molar-refractivity contribution < 1.29 is 22.3 Å². The number of hydrogen-bond donors (Lipinski definition) is 2. The number of benzene rings is 1. The van der Waals surface area contributed by atoms with Crippen molar-refractivity contribution in [1.29, 1.82) is 0 Å². The fourth-order valence-electron chi connectivity index (χ4n) is 2.06. The molecule has 0 aromatic heterocycles. The Labute approximate surface area is 142 Å². The lowest BCUT2D eigenvalue weighted by molar-refractivity contribution is -0.121. The van der Waals surface area contributed by atoms with E-state index in [1.54, 1.807) is 0 Å². The van der Waals surface area contributed by atoms with Gasteiger partial charge in [0, 0.05) is 19.6 Å². The van der Waals surface area contributed by atoms with Crippen molar-refractivity contribution >= 4 is 15.9 Å². The minimum absolute atomic E-state index is 0.0657. The predicted molar refractivity (Wildman–Crippen MR) is 90.5 cm³/mol. The van der Waals surface area contributed by atoms with Crippen molar-refractivity contribution in [2.75, 3.05) is 19.4 Å². The van der Waals surface area contributed by atoms with Gasteiger partial charge < -0.3 is 10.1 Å². The van der Waals surface area contributed by atoms with Gasteiger partial charge >= 0.3 is 0 Å². The lowest BCUT2D eigenvalue weighted by Crippen LogP contribution is -2.33. The average Bonchev–Trinajstić information content (AvgIpc) is 2.45. The van der Waals surface area contributed by atoms with Crippen LogP contribution in [-0.4, -0.2) is 39.8 Å². The van der Waals surface area contributed by atoms with E-state index in [1.807, 2.05) is 13.8 Å². The zero-order valence-corrected chi connectivity index (χ0v) is 15.0. The lowest BCUT2D eigenvalue weighted by atomic mass is 10.0. The Balaban J connectivity index is 2.58. The summed E-state index contributed by atoms with van der Waals surface area (Å²) in [6.45, 7) is 4.85. The molecule has 0 saturated carbocycles. The third-order valence-electron chi connectivity index (χ3n) is 3.11. The second-order valence-corrected chi connectivity index (χ2v) is 7.60. The van der Waals surface area contributed by atoms with Crippen LogP contribution in [0.25, 0.3) is 0 Å². The first-order valence-corrected chi connectivity index (χ1v) is 9.67.